The van der Waals surface area contributed by atoms with Gasteiger partial charge in [0, 0.05) is 12.1 Å². The van der Waals surface area contributed by atoms with Crippen LogP contribution in [0.15, 0.2) is 47.7 Å². The molecular formula is C16H13ClF3N3O. The van der Waals surface area contributed by atoms with E-state index in [2.05, 4.69) is 20.2 Å². The summed E-state index contributed by atoms with van der Waals surface area (Å²) in [7, 11) is 0. The van der Waals surface area contributed by atoms with Crippen molar-refractivity contribution in [1.82, 2.24) is 10.4 Å². The molecule has 0 aliphatic carbocycles. The van der Waals surface area contributed by atoms with Crippen LogP contribution in [-0.4, -0.2) is 17.1 Å². The number of hydrogen-bond donors (Lipinski definition) is 1. The van der Waals surface area contributed by atoms with E-state index in [1.165, 1.54) is 12.1 Å². The molecule has 2 atom stereocenters. The van der Waals surface area contributed by atoms with Gasteiger partial charge in [0.15, 0.2) is 0 Å². The molecule has 4 nitrogen and oxygen atoms in total. The van der Waals surface area contributed by atoms with Gasteiger partial charge in [-0.25, -0.2) is 4.98 Å². The summed E-state index contributed by atoms with van der Waals surface area (Å²) in [5, 5.41) is 4.72. The van der Waals surface area contributed by atoms with Crippen LogP contribution in [0.2, 0.25) is 5.15 Å². The van der Waals surface area contributed by atoms with Crippen molar-refractivity contribution in [2.45, 2.75) is 19.3 Å². The van der Waals surface area contributed by atoms with Crippen LogP contribution >= 0.6 is 11.6 Å². The molecule has 0 amide bonds. The van der Waals surface area contributed by atoms with Gasteiger partial charge in [-0.15, -0.1) is 13.2 Å². The van der Waals surface area contributed by atoms with Crippen molar-refractivity contribution in [3.05, 3.63) is 58.9 Å². The lowest BCUT2D eigenvalue weighted by Gasteiger charge is -2.17. The summed E-state index contributed by atoms with van der Waals surface area (Å²) >= 11 is 5.79. The summed E-state index contributed by atoms with van der Waals surface area (Å²) < 4.78 is 40.5. The Balaban J connectivity index is 1.75. The lowest BCUT2D eigenvalue weighted by molar-refractivity contribution is -0.274. The molecule has 1 aliphatic rings. The minimum absolute atomic E-state index is 0.0161. The first kappa shape index (κ1) is 16.6. The maximum atomic E-state index is 12.2. The molecule has 0 radical (unpaired) electrons. The average molecular weight is 356 g/mol. The van der Waals surface area contributed by atoms with Gasteiger partial charge in [0.05, 0.1) is 11.8 Å². The number of ether oxygens (including phenoxy) is 1. The van der Waals surface area contributed by atoms with Crippen LogP contribution in [0.3, 0.4) is 0 Å². The van der Waals surface area contributed by atoms with E-state index in [1.54, 1.807) is 24.4 Å². The second kappa shape index (κ2) is 6.32. The normalized spacial score (nSPS) is 20.5. The van der Waals surface area contributed by atoms with Crippen LogP contribution in [0.5, 0.6) is 5.75 Å². The summed E-state index contributed by atoms with van der Waals surface area (Å²) in [6.45, 7) is 1.98. The molecule has 0 saturated heterocycles. The van der Waals surface area contributed by atoms with Gasteiger partial charge in [0.1, 0.15) is 10.9 Å². The van der Waals surface area contributed by atoms with E-state index in [0.29, 0.717) is 5.15 Å². The number of alkyl halides is 3. The van der Waals surface area contributed by atoms with Crippen molar-refractivity contribution < 1.29 is 17.9 Å². The standard InChI is InChI=1S/C16H13ClF3N3O/c1-9-14(10-2-5-12(6-3-10)24-16(18,19)20)22-23-15(9)11-4-7-13(17)21-8-11/h2-9,15,23H,1H3. The maximum Gasteiger partial charge on any atom is 0.573 e. The summed E-state index contributed by atoms with van der Waals surface area (Å²) in [4.78, 5) is 4.05. The summed E-state index contributed by atoms with van der Waals surface area (Å²) in [6, 6.07) is 9.15. The van der Waals surface area contributed by atoms with E-state index < -0.39 is 6.36 Å². The zero-order valence-electron chi connectivity index (χ0n) is 12.5. The van der Waals surface area contributed by atoms with E-state index in [9.17, 15) is 13.2 Å². The Kier molecular flexibility index (Phi) is 4.36. The highest BCUT2D eigenvalue weighted by molar-refractivity contribution is 6.29. The van der Waals surface area contributed by atoms with E-state index >= 15 is 0 Å². The predicted octanol–water partition coefficient (Wildman–Crippen LogP) is 4.32. The molecule has 1 aromatic carbocycles. The lowest BCUT2D eigenvalue weighted by atomic mass is 9.90. The minimum Gasteiger partial charge on any atom is -0.406 e. The van der Waals surface area contributed by atoms with Gasteiger partial charge < -0.3 is 10.2 Å². The third-order valence-electron chi connectivity index (χ3n) is 3.75. The number of hydrazone groups is 1. The molecule has 2 unspecified atom stereocenters. The number of halogens is 4. The Morgan fingerprint density at radius 2 is 1.83 bits per heavy atom. The monoisotopic (exact) mass is 355 g/mol. The average Bonchev–Trinajstić information content (AvgIpc) is 2.89. The van der Waals surface area contributed by atoms with Gasteiger partial charge in [-0.2, -0.15) is 5.10 Å². The molecule has 126 valence electrons. The lowest BCUT2D eigenvalue weighted by Crippen LogP contribution is -2.19. The van der Waals surface area contributed by atoms with Crippen molar-refractivity contribution in [2.75, 3.05) is 0 Å². The largest absolute Gasteiger partial charge is 0.573 e. The molecule has 3 rings (SSSR count). The van der Waals surface area contributed by atoms with Crippen molar-refractivity contribution in [1.29, 1.82) is 0 Å². The van der Waals surface area contributed by atoms with Crippen LogP contribution < -0.4 is 10.2 Å². The molecule has 24 heavy (non-hydrogen) atoms. The quantitative estimate of drug-likeness (QED) is 0.834. The topological polar surface area (TPSA) is 46.5 Å². The van der Waals surface area contributed by atoms with Crippen molar-refractivity contribution in [3.8, 4) is 5.75 Å². The SMILES string of the molecule is CC1C(c2ccc(OC(F)(F)F)cc2)=NNC1c1ccc(Cl)nc1. The first-order valence-electron chi connectivity index (χ1n) is 7.14. The zero-order valence-corrected chi connectivity index (χ0v) is 13.3. The Morgan fingerprint density at radius 1 is 1.12 bits per heavy atom. The van der Waals surface area contributed by atoms with Crippen molar-refractivity contribution >= 4 is 17.3 Å². The highest BCUT2D eigenvalue weighted by Crippen LogP contribution is 2.31. The van der Waals surface area contributed by atoms with Crippen LogP contribution in [0.25, 0.3) is 0 Å². The number of rotatable bonds is 3. The third kappa shape index (κ3) is 3.62. The molecule has 0 saturated carbocycles. The molecule has 0 spiro atoms. The first-order chi connectivity index (χ1) is 11.3. The molecule has 8 heteroatoms. The van der Waals surface area contributed by atoms with E-state index in [1.807, 2.05) is 13.0 Å². The predicted molar refractivity (Wildman–Crippen MR) is 83.9 cm³/mol. The number of hydrogen-bond acceptors (Lipinski definition) is 4. The van der Waals surface area contributed by atoms with Gasteiger partial charge >= 0.3 is 6.36 Å². The van der Waals surface area contributed by atoms with Gasteiger partial charge in [-0.1, -0.05) is 24.6 Å². The number of nitrogens with one attached hydrogen (secondary N) is 1. The molecule has 1 aliphatic heterocycles. The number of pyridine rings is 1. The molecular weight excluding hydrogens is 343 g/mol. The highest BCUT2D eigenvalue weighted by Gasteiger charge is 2.32. The maximum absolute atomic E-state index is 12.2. The Labute approximate surface area is 141 Å². The fourth-order valence-corrected chi connectivity index (χ4v) is 2.71. The fourth-order valence-electron chi connectivity index (χ4n) is 2.60. The van der Waals surface area contributed by atoms with Crippen molar-refractivity contribution in [2.24, 2.45) is 11.0 Å². The Morgan fingerprint density at radius 3 is 2.42 bits per heavy atom. The van der Waals surface area contributed by atoms with Gasteiger partial charge in [0.2, 0.25) is 0 Å². The van der Waals surface area contributed by atoms with Gasteiger partial charge in [0.25, 0.3) is 0 Å². The number of aromatic nitrogens is 1. The van der Waals surface area contributed by atoms with E-state index in [4.69, 9.17) is 11.6 Å². The highest BCUT2D eigenvalue weighted by atomic mass is 35.5. The van der Waals surface area contributed by atoms with Crippen LogP contribution in [-0.2, 0) is 0 Å². The van der Waals surface area contributed by atoms with Crippen LogP contribution in [0, 0.1) is 5.92 Å². The Hall–Kier alpha value is -2.28. The smallest absolute Gasteiger partial charge is 0.406 e. The van der Waals surface area contributed by atoms with Gasteiger partial charge in [-0.05, 0) is 41.5 Å². The summed E-state index contributed by atoms with van der Waals surface area (Å²) in [5.41, 5.74) is 5.46. The molecule has 2 heterocycles. The molecule has 1 aromatic heterocycles. The second-order valence-electron chi connectivity index (χ2n) is 5.38. The summed E-state index contributed by atoms with van der Waals surface area (Å²) in [5.74, 6) is -0.244. The first-order valence-corrected chi connectivity index (χ1v) is 7.52. The van der Waals surface area contributed by atoms with E-state index in [-0.39, 0.29) is 17.7 Å². The summed E-state index contributed by atoms with van der Waals surface area (Å²) in [6.07, 6.45) is -3.02. The third-order valence-corrected chi connectivity index (χ3v) is 3.97. The van der Waals surface area contributed by atoms with Crippen LogP contribution in [0.4, 0.5) is 13.2 Å². The van der Waals surface area contributed by atoms with Crippen molar-refractivity contribution in [3.63, 3.8) is 0 Å². The number of benzene rings is 1. The molecule has 1 N–H and O–H groups in total. The second-order valence-corrected chi connectivity index (χ2v) is 5.77. The molecule has 0 fully saturated rings. The minimum atomic E-state index is -4.70. The Bertz CT molecular complexity index is 745. The number of nitrogens with zero attached hydrogens (tertiary/aromatic N) is 2. The molecule has 0 bridgehead atoms. The fraction of sp³-hybridized carbons (Fsp3) is 0.250. The zero-order chi connectivity index (χ0) is 17.3. The van der Waals surface area contributed by atoms with E-state index in [0.717, 1.165) is 16.8 Å². The van der Waals surface area contributed by atoms with Crippen LogP contribution in [0.1, 0.15) is 24.1 Å². The van der Waals surface area contributed by atoms with Gasteiger partial charge in [-0.3, -0.25) is 0 Å². The molecule has 2 aromatic rings.